The zero-order valence-corrected chi connectivity index (χ0v) is 13.4. The van der Waals surface area contributed by atoms with Gasteiger partial charge in [-0.3, -0.25) is 0 Å². The first-order valence-corrected chi connectivity index (χ1v) is 8.32. The highest BCUT2D eigenvalue weighted by molar-refractivity contribution is 7.84. The molecule has 0 saturated heterocycles. The summed E-state index contributed by atoms with van der Waals surface area (Å²) in [4.78, 5) is 0. The molecule has 1 rings (SSSR count). The minimum Gasteiger partial charge on any atom is -0.242 e. The van der Waals surface area contributed by atoms with Gasteiger partial charge in [-0.1, -0.05) is 25.5 Å². The van der Waals surface area contributed by atoms with Gasteiger partial charge in [-0.15, -0.1) is 0 Å². The molecule has 1 N–H and O–H groups in total. The minimum atomic E-state index is -0.976. The zero-order chi connectivity index (χ0) is 13.8. The van der Waals surface area contributed by atoms with Crippen molar-refractivity contribution >= 4 is 11.0 Å². The Balaban J connectivity index is 2.72. The van der Waals surface area contributed by atoms with Crippen molar-refractivity contribution in [3.8, 4) is 0 Å². The third-order valence-corrected chi connectivity index (χ3v) is 4.90. The Labute approximate surface area is 115 Å². The first-order valence-electron chi connectivity index (χ1n) is 7.17. The predicted octanol–water partition coefficient (Wildman–Crippen LogP) is 3.95. The third kappa shape index (κ3) is 5.23. The molecular formula is C15H29NOS. The average molecular weight is 271 g/mol. The number of hydrogen-bond donors (Lipinski definition) is 1. The minimum absolute atomic E-state index is 0.190. The van der Waals surface area contributed by atoms with Gasteiger partial charge >= 0.3 is 0 Å². The summed E-state index contributed by atoms with van der Waals surface area (Å²) in [5.41, 5.74) is 1.48. The molecule has 18 heavy (non-hydrogen) atoms. The highest BCUT2D eigenvalue weighted by Gasteiger charge is 2.25. The van der Waals surface area contributed by atoms with Crippen LogP contribution in [0.25, 0.3) is 0 Å². The molecular weight excluding hydrogens is 242 g/mol. The molecule has 0 aromatic rings. The van der Waals surface area contributed by atoms with Crippen molar-refractivity contribution in [3.63, 3.8) is 0 Å². The van der Waals surface area contributed by atoms with E-state index in [4.69, 9.17) is 0 Å². The highest BCUT2D eigenvalue weighted by atomic mass is 32.2. The van der Waals surface area contributed by atoms with Gasteiger partial charge < -0.3 is 0 Å². The summed E-state index contributed by atoms with van der Waals surface area (Å²) in [6.07, 6.45) is 8.39. The normalized spacial score (nSPS) is 20.7. The van der Waals surface area contributed by atoms with Crippen LogP contribution in [0.1, 0.15) is 66.7 Å². The monoisotopic (exact) mass is 271 g/mol. The van der Waals surface area contributed by atoms with Gasteiger partial charge in [0.05, 0.1) is 15.7 Å². The predicted molar refractivity (Wildman–Crippen MR) is 80.8 cm³/mol. The largest absolute Gasteiger partial charge is 0.242 e. The standard InChI is InChI=1S/C15H29NOS/c1-12(2)11-14(13-9-7-6-8-10-13)16-18(17)15(3,4)5/h9,12,14,16H,6-8,10-11H2,1-5H3/t14-,18?/m0/s1. The van der Waals surface area contributed by atoms with Gasteiger partial charge in [-0.25, -0.2) is 8.93 Å². The summed E-state index contributed by atoms with van der Waals surface area (Å²) in [6.45, 7) is 10.5. The van der Waals surface area contributed by atoms with Gasteiger partial charge in [-0.2, -0.15) is 0 Å². The molecule has 0 aromatic heterocycles. The van der Waals surface area contributed by atoms with Crippen molar-refractivity contribution in [3.05, 3.63) is 11.6 Å². The van der Waals surface area contributed by atoms with E-state index in [9.17, 15) is 4.21 Å². The van der Waals surface area contributed by atoms with Gasteiger partial charge in [0.1, 0.15) is 0 Å². The SMILES string of the molecule is CC(C)C[C@H](NS(=O)C(C)(C)C)C1=CCCCC1. The van der Waals surface area contributed by atoms with Crippen molar-refractivity contribution in [2.24, 2.45) is 5.92 Å². The average Bonchev–Trinajstić information content (AvgIpc) is 2.27. The van der Waals surface area contributed by atoms with E-state index in [-0.39, 0.29) is 4.75 Å². The van der Waals surface area contributed by atoms with Crippen molar-refractivity contribution in [2.75, 3.05) is 0 Å². The third-order valence-electron chi connectivity index (χ3n) is 3.29. The van der Waals surface area contributed by atoms with Gasteiger partial charge in [-0.05, 0) is 58.8 Å². The molecule has 0 radical (unpaired) electrons. The maximum Gasteiger partial charge on any atom is 0.0975 e. The molecule has 1 unspecified atom stereocenters. The molecule has 2 nitrogen and oxygen atoms in total. The van der Waals surface area contributed by atoms with Gasteiger partial charge in [0.2, 0.25) is 0 Å². The fraction of sp³-hybridized carbons (Fsp3) is 0.867. The summed E-state index contributed by atoms with van der Waals surface area (Å²) in [6, 6.07) is 0.297. The fourth-order valence-electron chi connectivity index (χ4n) is 2.23. The molecule has 1 aliphatic rings. The van der Waals surface area contributed by atoms with E-state index < -0.39 is 11.0 Å². The van der Waals surface area contributed by atoms with Crippen LogP contribution in [0.15, 0.2) is 11.6 Å². The summed E-state index contributed by atoms with van der Waals surface area (Å²) < 4.78 is 15.4. The molecule has 0 amide bonds. The van der Waals surface area contributed by atoms with E-state index in [1.807, 2.05) is 20.8 Å². The van der Waals surface area contributed by atoms with Crippen molar-refractivity contribution in [1.82, 2.24) is 4.72 Å². The van der Waals surface area contributed by atoms with Crippen LogP contribution in [0.4, 0.5) is 0 Å². The lowest BCUT2D eigenvalue weighted by Crippen LogP contribution is -2.41. The molecule has 0 saturated carbocycles. The zero-order valence-electron chi connectivity index (χ0n) is 12.6. The first-order chi connectivity index (χ1) is 8.30. The van der Waals surface area contributed by atoms with Gasteiger partial charge in [0, 0.05) is 6.04 Å². The van der Waals surface area contributed by atoms with Crippen LogP contribution in [-0.2, 0) is 11.0 Å². The number of hydrogen-bond acceptors (Lipinski definition) is 1. The Hall–Kier alpha value is -0.150. The Morgan fingerprint density at radius 3 is 2.44 bits per heavy atom. The molecule has 0 spiro atoms. The fourth-order valence-corrected chi connectivity index (χ4v) is 3.09. The Kier molecular flexibility index (Phi) is 6.06. The lowest BCUT2D eigenvalue weighted by molar-refractivity contribution is 0.484. The Morgan fingerprint density at radius 1 is 1.33 bits per heavy atom. The molecule has 0 bridgehead atoms. The second-order valence-corrected chi connectivity index (χ2v) is 8.70. The first kappa shape index (κ1) is 15.9. The maximum atomic E-state index is 12.3. The van der Waals surface area contributed by atoms with Crippen molar-refractivity contribution in [1.29, 1.82) is 0 Å². The summed E-state index contributed by atoms with van der Waals surface area (Å²) in [5, 5.41) is 0. The van der Waals surface area contributed by atoms with Crippen LogP contribution >= 0.6 is 0 Å². The molecule has 0 heterocycles. The van der Waals surface area contributed by atoms with E-state index in [0.29, 0.717) is 12.0 Å². The molecule has 2 atom stereocenters. The molecule has 0 aliphatic heterocycles. The van der Waals surface area contributed by atoms with Gasteiger partial charge in [0.15, 0.2) is 0 Å². The summed E-state index contributed by atoms with van der Waals surface area (Å²) in [5.74, 6) is 0.627. The maximum absolute atomic E-state index is 12.3. The number of allylic oxidation sites excluding steroid dienone is 1. The molecule has 0 fully saturated rings. The topological polar surface area (TPSA) is 29.1 Å². The Morgan fingerprint density at radius 2 is 2.00 bits per heavy atom. The second kappa shape index (κ2) is 6.85. The van der Waals surface area contributed by atoms with Crippen LogP contribution in [0.3, 0.4) is 0 Å². The molecule has 3 heteroatoms. The quantitative estimate of drug-likeness (QED) is 0.754. The van der Waals surface area contributed by atoms with E-state index >= 15 is 0 Å². The number of nitrogens with one attached hydrogen (secondary N) is 1. The summed E-state index contributed by atoms with van der Waals surface area (Å²) in [7, 11) is -0.976. The van der Waals surface area contributed by atoms with E-state index in [1.54, 1.807) is 0 Å². The molecule has 106 valence electrons. The second-order valence-electron chi connectivity index (χ2n) is 6.71. The lowest BCUT2D eigenvalue weighted by Gasteiger charge is -2.28. The van der Waals surface area contributed by atoms with Crippen LogP contribution in [-0.4, -0.2) is 15.0 Å². The van der Waals surface area contributed by atoms with E-state index in [1.165, 1.54) is 31.3 Å². The van der Waals surface area contributed by atoms with Crippen LogP contribution in [0.2, 0.25) is 0 Å². The smallest absolute Gasteiger partial charge is 0.0975 e. The molecule has 0 aromatic carbocycles. The van der Waals surface area contributed by atoms with Gasteiger partial charge in [0.25, 0.3) is 0 Å². The van der Waals surface area contributed by atoms with Crippen LogP contribution < -0.4 is 4.72 Å². The molecule has 1 aliphatic carbocycles. The van der Waals surface area contributed by atoms with E-state index in [2.05, 4.69) is 24.6 Å². The number of rotatable bonds is 5. The van der Waals surface area contributed by atoms with Crippen LogP contribution in [0.5, 0.6) is 0 Å². The van der Waals surface area contributed by atoms with Crippen LogP contribution in [0, 0.1) is 5.92 Å². The lowest BCUT2D eigenvalue weighted by atomic mass is 9.90. The highest BCUT2D eigenvalue weighted by Crippen LogP contribution is 2.25. The van der Waals surface area contributed by atoms with E-state index in [0.717, 1.165) is 6.42 Å². The van der Waals surface area contributed by atoms with Crippen molar-refractivity contribution < 1.29 is 4.21 Å². The van der Waals surface area contributed by atoms with Crippen molar-refractivity contribution in [2.45, 2.75) is 77.5 Å². The Bertz CT molecular complexity index is 315. The summed E-state index contributed by atoms with van der Waals surface area (Å²) >= 11 is 0.